The third kappa shape index (κ3) is 3.13. The van der Waals surface area contributed by atoms with Crippen molar-refractivity contribution in [1.29, 1.82) is 0 Å². The van der Waals surface area contributed by atoms with Gasteiger partial charge in [0.25, 0.3) is 0 Å². The van der Waals surface area contributed by atoms with Gasteiger partial charge in [0.05, 0.1) is 5.56 Å². The molecule has 4 N–H and O–H groups in total. The number of rotatable bonds is 5. The van der Waals surface area contributed by atoms with Crippen molar-refractivity contribution < 1.29 is 4.79 Å². The van der Waals surface area contributed by atoms with Crippen LogP contribution in [0.3, 0.4) is 0 Å². The molecule has 1 heterocycles. The summed E-state index contributed by atoms with van der Waals surface area (Å²) in [7, 11) is 0. The SMILES string of the molecule is NC(=O)c1ccc(N(Cc2ccc(N)cc2)C2CC2)nc1. The van der Waals surface area contributed by atoms with Crippen LogP contribution in [0, 0.1) is 0 Å². The Balaban J connectivity index is 1.81. The molecule has 3 rings (SSSR count). The molecular formula is C16H18N4O. The molecule has 5 heteroatoms. The van der Waals surface area contributed by atoms with Crippen molar-refractivity contribution in [2.45, 2.75) is 25.4 Å². The minimum Gasteiger partial charge on any atom is -0.399 e. The Bertz CT molecular complexity index is 632. The topological polar surface area (TPSA) is 85.2 Å². The van der Waals surface area contributed by atoms with Crippen LogP contribution in [0.15, 0.2) is 42.6 Å². The van der Waals surface area contributed by atoms with Gasteiger partial charge in [0, 0.05) is 24.5 Å². The molecule has 2 aromatic rings. The van der Waals surface area contributed by atoms with E-state index < -0.39 is 5.91 Å². The molecule has 0 spiro atoms. The molecule has 1 amide bonds. The molecule has 1 fully saturated rings. The fourth-order valence-electron chi connectivity index (χ4n) is 2.30. The number of nitrogen functional groups attached to an aromatic ring is 1. The molecule has 1 aromatic carbocycles. The molecule has 1 aliphatic rings. The zero-order valence-corrected chi connectivity index (χ0v) is 11.7. The van der Waals surface area contributed by atoms with Gasteiger partial charge < -0.3 is 16.4 Å². The maximum atomic E-state index is 11.1. The third-order valence-corrected chi connectivity index (χ3v) is 3.65. The molecule has 0 bridgehead atoms. The smallest absolute Gasteiger partial charge is 0.250 e. The highest BCUT2D eigenvalue weighted by Gasteiger charge is 2.30. The third-order valence-electron chi connectivity index (χ3n) is 3.65. The first kappa shape index (κ1) is 13.4. The van der Waals surface area contributed by atoms with Gasteiger partial charge in [0.1, 0.15) is 5.82 Å². The van der Waals surface area contributed by atoms with Crippen LogP contribution in [0.5, 0.6) is 0 Å². The summed E-state index contributed by atoms with van der Waals surface area (Å²) in [6.07, 6.45) is 3.89. The first-order valence-electron chi connectivity index (χ1n) is 7.00. The van der Waals surface area contributed by atoms with Crippen LogP contribution in [0.1, 0.15) is 28.8 Å². The van der Waals surface area contributed by atoms with Crippen molar-refractivity contribution in [2.75, 3.05) is 10.6 Å². The van der Waals surface area contributed by atoms with E-state index in [9.17, 15) is 4.79 Å². The zero-order chi connectivity index (χ0) is 14.8. The van der Waals surface area contributed by atoms with Crippen molar-refractivity contribution in [3.63, 3.8) is 0 Å². The van der Waals surface area contributed by atoms with Gasteiger partial charge in [0.2, 0.25) is 5.91 Å². The summed E-state index contributed by atoms with van der Waals surface area (Å²) in [6.45, 7) is 0.786. The fraction of sp³-hybridized carbons (Fsp3) is 0.250. The first-order valence-corrected chi connectivity index (χ1v) is 7.00. The van der Waals surface area contributed by atoms with Crippen molar-refractivity contribution in [2.24, 2.45) is 5.73 Å². The van der Waals surface area contributed by atoms with E-state index >= 15 is 0 Å². The number of hydrogen-bond donors (Lipinski definition) is 2. The monoisotopic (exact) mass is 282 g/mol. The standard InChI is InChI=1S/C16H18N4O/c17-13-4-1-11(2-5-13)10-20(14-6-7-14)15-8-3-12(9-19-15)16(18)21/h1-5,8-9,14H,6-7,10,17H2,(H2,18,21). The number of benzene rings is 1. The van der Waals surface area contributed by atoms with Gasteiger partial charge in [0.15, 0.2) is 0 Å². The average molecular weight is 282 g/mol. The molecule has 1 aromatic heterocycles. The molecular weight excluding hydrogens is 264 g/mol. The fourth-order valence-corrected chi connectivity index (χ4v) is 2.30. The summed E-state index contributed by atoms with van der Waals surface area (Å²) in [6, 6.07) is 12.0. The number of primary amides is 1. The van der Waals surface area contributed by atoms with Crippen LogP contribution in [-0.2, 0) is 6.54 Å². The summed E-state index contributed by atoms with van der Waals surface area (Å²) >= 11 is 0. The molecule has 0 unspecified atom stereocenters. The highest BCUT2D eigenvalue weighted by atomic mass is 16.1. The molecule has 21 heavy (non-hydrogen) atoms. The van der Waals surface area contributed by atoms with E-state index in [1.165, 1.54) is 24.6 Å². The summed E-state index contributed by atoms with van der Waals surface area (Å²) in [5, 5.41) is 0. The molecule has 108 valence electrons. The van der Waals surface area contributed by atoms with Gasteiger partial charge in [-0.1, -0.05) is 12.1 Å². The zero-order valence-electron chi connectivity index (χ0n) is 11.7. The van der Waals surface area contributed by atoms with E-state index in [1.807, 2.05) is 30.3 Å². The van der Waals surface area contributed by atoms with Crippen LogP contribution in [-0.4, -0.2) is 16.9 Å². The number of nitrogens with zero attached hydrogens (tertiary/aromatic N) is 2. The molecule has 0 atom stereocenters. The summed E-state index contributed by atoms with van der Waals surface area (Å²) in [5.74, 6) is 0.421. The lowest BCUT2D eigenvalue weighted by Crippen LogP contribution is -2.26. The highest BCUT2D eigenvalue weighted by molar-refractivity contribution is 5.92. The van der Waals surface area contributed by atoms with Crippen molar-refractivity contribution in [3.05, 3.63) is 53.7 Å². The van der Waals surface area contributed by atoms with Gasteiger partial charge in [-0.15, -0.1) is 0 Å². The second-order valence-corrected chi connectivity index (χ2v) is 5.37. The second kappa shape index (κ2) is 5.44. The van der Waals surface area contributed by atoms with E-state index in [0.717, 1.165) is 18.1 Å². The number of carbonyl (C=O) groups excluding carboxylic acids is 1. The lowest BCUT2D eigenvalue weighted by Gasteiger charge is -2.23. The lowest BCUT2D eigenvalue weighted by molar-refractivity contribution is 0.1000. The molecule has 5 nitrogen and oxygen atoms in total. The molecule has 0 radical (unpaired) electrons. The van der Waals surface area contributed by atoms with Gasteiger partial charge in [-0.2, -0.15) is 0 Å². The normalized spacial score (nSPS) is 13.9. The minimum atomic E-state index is -0.453. The van der Waals surface area contributed by atoms with E-state index in [-0.39, 0.29) is 0 Å². The van der Waals surface area contributed by atoms with Gasteiger partial charge in [-0.05, 0) is 42.7 Å². The van der Waals surface area contributed by atoms with E-state index in [4.69, 9.17) is 11.5 Å². The quantitative estimate of drug-likeness (QED) is 0.821. The first-order chi connectivity index (χ1) is 10.1. The number of nitrogens with two attached hydrogens (primary N) is 2. The number of aromatic nitrogens is 1. The average Bonchev–Trinajstić information content (AvgIpc) is 3.31. The van der Waals surface area contributed by atoms with Crippen LogP contribution in [0.2, 0.25) is 0 Å². The van der Waals surface area contributed by atoms with Gasteiger partial charge >= 0.3 is 0 Å². The Kier molecular flexibility index (Phi) is 3.48. The number of anilines is 2. The van der Waals surface area contributed by atoms with Crippen LogP contribution < -0.4 is 16.4 Å². The maximum absolute atomic E-state index is 11.1. The Hall–Kier alpha value is -2.56. The van der Waals surface area contributed by atoms with Crippen LogP contribution >= 0.6 is 0 Å². The Morgan fingerprint density at radius 2 is 1.90 bits per heavy atom. The maximum Gasteiger partial charge on any atom is 0.250 e. The minimum absolute atomic E-state index is 0.432. The molecule has 1 saturated carbocycles. The number of amides is 1. The van der Waals surface area contributed by atoms with Crippen molar-refractivity contribution in [1.82, 2.24) is 4.98 Å². The highest BCUT2D eigenvalue weighted by Crippen LogP contribution is 2.32. The number of pyridine rings is 1. The van der Waals surface area contributed by atoms with E-state index in [0.29, 0.717) is 11.6 Å². The van der Waals surface area contributed by atoms with Gasteiger partial charge in [-0.25, -0.2) is 4.98 Å². The van der Waals surface area contributed by atoms with Gasteiger partial charge in [-0.3, -0.25) is 4.79 Å². The second-order valence-electron chi connectivity index (χ2n) is 5.37. The molecule has 0 aliphatic heterocycles. The van der Waals surface area contributed by atoms with E-state index in [1.54, 1.807) is 6.07 Å². The Morgan fingerprint density at radius 1 is 1.19 bits per heavy atom. The summed E-state index contributed by atoms with van der Waals surface area (Å²) in [4.78, 5) is 17.7. The summed E-state index contributed by atoms with van der Waals surface area (Å²) < 4.78 is 0. The van der Waals surface area contributed by atoms with Crippen molar-refractivity contribution in [3.8, 4) is 0 Å². The predicted molar refractivity (Wildman–Crippen MR) is 82.8 cm³/mol. The van der Waals surface area contributed by atoms with Crippen LogP contribution in [0.25, 0.3) is 0 Å². The molecule has 0 saturated heterocycles. The summed E-state index contributed by atoms with van der Waals surface area (Å²) in [5.41, 5.74) is 13.3. The Morgan fingerprint density at radius 3 is 2.43 bits per heavy atom. The largest absolute Gasteiger partial charge is 0.399 e. The molecule has 1 aliphatic carbocycles. The van der Waals surface area contributed by atoms with E-state index in [2.05, 4.69) is 9.88 Å². The Labute approximate surface area is 123 Å². The van der Waals surface area contributed by atoms with Crippen molar-refractivity contribution >= 4 is 17.4 Å². The lowest BCUT2D eigenvalue weighted by atomic mass is 10.2. The number of hydrogen-bond acceptors (Lipinski definition) is 4. The number of carbonyl (C=O) groups is 1. The van der Waals surface area contributed by atoms with Crippen LogP contribution in [0.4, 0.5) is 11.5 Å². The predicted octanol–water partition coefficient (Wildman–Crippen LogP) is 1.93.